The largest absolute Gasteiger partial charge is 0.507 e. The standard InChI is InChI=1S/C28H22Cl2N2O5/c1-36-22-10-6-3-7-15(22)14-32-24(18-13-31-21-9-5-4-8-17(18)21)23(26(34)28(32)35)25(33)16-11-19(29)27(37-2)20(30)12-16/h3-13,24,31,33H,14H2,1-2H3/b25-23+. The zero-order chi connectivity index (χ0) is 26.3. The van der Waals surface area contributed by atoms with E-state index in [0.29, 0.717) is 16.9 Å². The molecule has 1 aliphatic rings. The molecule has 0 spiro atoms. The van der Waals surface area contributed by atoms with Gasteiger partial charge in [0.25, 0.3) is 11.7 Å². The molecule has 1 saturated heterocycles. The maximum absolute atomic E-state index is 13.5. The smallest absolute Gasteiger partial charge is 0.295 e. The second-order valence-corrected chi connectivity index (χ2v) is 9.32. The molecule has 0 radical (unpaired) electrons. The first-order valence-corrected chi connectivity index (χ1v) is 12.1. The quantitative estimate of drug-likeness (QED) is 0.176. The van der Waals surface area contributed by atoms with Crippen molar-refractivity contribution in [1.82, 2.24) is 9.88 Å². The van der Waals surface area contributed by atoms with Crippen LogP contribution in [0.15, 0.2) is 72.4 Å². The number of carbonyl (C=O) groups is 2. The van der Waals surface area contributed by atoms with Crippen molar-refractivity contribution < 1.29 is 24.2 Å². The number of aromatic amines is 1. The fourth-order valence-electron chi connectivity index (χ4n) is 4.75. The molecule has 7 nitrogen and oxygen atoms in total. The molecule has 0 bridgehead atoms. The Morgan fingerprint density at radius 1 is 1.00 bits per heavy atom. The van der Waals surface area contributed by atoms with Gasteiger partial charge in [-0.1, -0.05) is 59.6 Å². The van der Waals surface area contributed by atoms with Gasteiger partial charge in [-0.15, -0.1) is 0 Å². The van der Waals surface area contributed by atoms with Crippen molar-refractivity contribution in [2.24, 2.45) is 0 Å². The highest BCUT2D eigenvalue weighted by Gasteiger charge is 2.47. The number of rotatable bonds is 6. The summed E-state index contributed by atoms with van der Waals surface area (Å²) in [7, 11) is 2.97. The maximum atomic E-state index is 13.5. The normalized spacial score (nSPS) is 17.0. The van der Waals surface area contributed by atoms with Gasteiger partial charge in [0.1, 0.15) is 11.5 Å². The molecular weight excluding hydrogens is 515 g/mol. The number of methoxy groups -OCH3 is 2. The van der Waals surface area contributed by atoms with E-state index in [1.54, 1.807) is 19.4 Å². The summed E-state index contributed by atoms with van der Waals surface area (Å²) < 4.78 is 10.7. The van der Waals surface area contributed by atoms with Crippen LogP contribution in [0.2, 0.25) is 10.0 Å². The van der Waals surface area contributed by atoms with Gasteiger partial charge in [-0.3, -0.25) is 9.59 Å². The fourth-order valence-corrected chi connectivity index (χ4v) is 5.39. The number of aliphatic hydroxyl groups is 1. The van der Waals surface area contributed by atoms with E-state index in [0.717, 1.165) is 10.9 Å². The van der Waals surface area contributed by atoms with Crippen LogP contribution < -0.4 is 9.47 Å². The van der Waals surface area contributed by atoms with Gasteiger partial charge in [-0.05, 0) is 24.3 Å². The number of nitrogens with one attached hydrogen (secondary N) is 1. The molecule has 5 rings (SSSR count). The Labute approximate surface area is 222 Å². The molecule has 3 aromatic carbocycles. The number of Topliss-reactive ketones (excluding diaryl/α,β-unsaturated/α-hetero) is 1. The monoisotopic (exact) mass is 536 g/mol. The lowest BCUT2D eigenvalue weighted by atomic mass is 9.94. The molecule has 0 saturated carbocycles. The number of hydrogen-bond acceptors (Lipinski definition) is 5. The zero-order valence-electron chi connectivity index (χ0n) is 19.9. The number of likely N-dealkylation sites (tertiary alicyclic amines) is 1. The molecule has 1 aliphatic heterocycles. The van der Waals surface area contributed by atoms with Crippen molar-refractivity contribution >= 4 is 51.6 Å². The predicted octanol–water partition coefficient (Wildman–Crippen LogP) is 6.11. The molecule has 1 atom stereocenters. The van der Waals surface area contributed by atoms with E-state index in [9.17, 15) is 14.7 Å². The number of aromatic nitrogens is 1. The van der Waals surface area contributed by atoms with Crippen LogP contribution in [0.3, 0.4) is 0 Å². The zero-order valence-corrected chi connectivity index (χ0v) is 21.4. The number of hydrogen-bond donors (Lipinski definition) is 2. The van der Waals surface area contributed by atoms with Crippen molar-refractivity contribution in [3.05, 3.63) is 99.2 Å². The number of ether oxygens (including phenoxy) is 2. The summed E-state index contributed by atoms with van der Waals surface area (Å²) >= 11 is 12.6. The van der Waals surface area contributed by atoms with Crippen molar-refractivity contribution in [1.29, 1.82) is 0 Å². The summed E-state index contributed by atoms with van der Waals surface area (Å²) in [6.07, 6.45) is 1.75. The second-order valence-electron chi connectivity index (χ2n) is 8.50. The van der Waals surface area contributed by atoms with Gasteiger partial charge < -0.3 is 24.5 Å². The average Bonchev–Trinajstić information content (AvgIpc) is 3.42. The number of nitrogens with zero attached hydrogens (tertiary/aromatic N) is 1. The molecule has 188 valence electrons. The molecule has 0 aliphatic carbocycles. The molecule has 1 fully saturated rings. The maximum Gasteiger partial charge on any atom is 0.295 e. The van der Waals surface area contributed by atoms with E-state index in [1.807, 2.05) is 42.5 Å². The molecule has 1 amide bonds. The molecule has 1 aromatic heterocycles. The Hall–Kier alpha value is -3.94. The van der Waals surface area contributed by atoms with Gasteiger partial charge in [0.2, 0.25) is 0 Å². The van der Waals surface area contributed by atoms with E-state index in [-0.39, 0.29) is 39.2 Å². The molecule has 9 heteroatoms. The van der Waals surface area contributed by atoms with E-state index in [4.69, 9.17) is 32.7 Å². The predicted molar refractivity (Wildman–Crippen MR) is 142 cm³/mol. The number of benzene rings is 3. The number of H-pyrrole nitrogens is 1. The summed E-state index contributed by atoms with van der Waals surface area (Å²) in [6, 6.07) is 16.8. The van der Waals surface area contributed by atoms with Gasteiger partial charge in [0, 0.05) is 33.8 Å². The first-order valence-electron chi connectivity index (χ1n) is 11.4. The van der Waals surface area contributed by atoms with Gasteiger partial charge in [0.15, 0.2) is 5.75 Å². The average molecular weight is 537 g/mol. The Morgan fingerprint density at radius 2 is 1.68 bits per heavy atom. The van der Waals surface area contributed by atoms with E-state index in [2.05, 4.69) is 4.98 Å². The van der Waals surface area contributed by atoms with Crippen molar-refractivity contribution in [2.75, 3.05) is 14.2 Å². The third kappa shape index (κ3) is 4.20. The Balaban J connectivity index is 1.72. The van der Waals surface area contributed by atoms with E-state index < -0.39 is 17.7 Å². The third-order valence-corrected chi connectivity index (χ3v) is 7.03. The Bertz CT molecular complexity index is 1550. The molecular formula is C28H22Cl2N2O5. The first kappa shape index (κ1) is 24.7. The number of halogens is 2. The highest BCUT2D eigenvalue weighted by molar-refractivity contribution is 6.47. The lowest BCUT2D eigenvalue weighted by molar-refractivity contribution is -0.140. The number of fused-ring (bicyclic) bond motifs is 1. The molecule has 37 heavy (non-hydrogen) atoms. The van der Waals surface area contributed by atoms with Gasteiger partial charge in [0.05, 0.1) is 42.4 Å². The van der Waals surface area contributed by atoms with Crippen LogP contribution in [0, 0.1) is 0 Å². The molecule has 4 aromatic rings. The summed E-state index contributed by atoms with van der Waals surface area (Å²) in [5.74, 6) is -1.12. The minimum Gasteiger partial charge on any atom is -0.507 e. The van der Waals surface area contributed by atoms with Crippen molar-refractivity contribution in [3.63, 3.8) is 0 Å². The van der Waals surface area contributed by atoms with Gasteiger partial charge in [-0.25, -0.2) is 0 Å². The van der Waals surface area contributed by atoms with Crippen molar-refractivity contribution in [2.45, 2.75) is 12.6 Å². The highest BCUT2D eigenvalue weighted by atomic mass is 35.5. The fraction of sp³-hybridized carbons (Fsp3) is 0.143. The van der Waals surface area contributed by atoms with Crippen LogP contribution in [0.25, 0.3) is 16.7 Å². The minimum atomic E-state index is -0.888. The highest BCUT2D eigenvalue weighted by Crippen LogP contribution is 2.44. The van der Waals surface area contributed by atoms with Crippen LogP contribution >= 0.6 is 23.2 Å². The topological polar surface area (TPSA) is 91.9 Å². The third-order valence-electron chi connectivity index (χ3n) is 6.46. The van der Waals surface area contributed by atoms with Crippen LogP contribution in [-0.4, -0.2) is 40.9 Å². The lowest BCUT2D eigenvalue weighted by Gasteiger charge is -2.25. The SMILES string of the molecule is COc1ccccc1CN1C(=O)C(=O)/C(=C(/O)c2cc(Cl)c(OC)c(Cl)c2)C1c1c[nH]c2ccccc12. The van der Waals surface area contributed by atoms with Crippen molar-refractivity contribution in [3.8, 4) is 11.5 Å². The first-order chi connectivity index (χ1) is 17.8. The summed E-state index contributed by atoms with van der Waals surface area (Å²) in [4.78, 5) is 31.5. The number of para-hydroxylation sites is 2. The lowest BCUT2D eigenvalue weighted by Crippen LogP contribution is -2.29. The van der Waals surface area contributed by atoms with Gasteiger partial charge >= 0.3 is 0 Å². The summed E-state index contributed by atoms with van der Waals surface area (Å²) in [5, 5.41) is 12.6. The number of ketones is 1. The molecule has 1 unspecified atom stereocenters. The Kier molecular flexibility index (Phi) is 6.58. The minimum absolute atomic E-state index is 0.0676. The van der Waals surface area contributed by atoms with Crippen LogP contribution in [0.4, 0.5) is 0 Å². The van der Waals surface area contributed by atoms with Crippen LogP contribution in [0.5, 0.6) is 11.5 Å². The second kappa shape index (κ2) is 9.84. The molecule has 2 heterocycles. The summed E-state index contributed by atoms with van der Waals surface area (Å²) in [6.45, 7) is 0.0830. The Morgan fingerprint density at radius 3 is 2.38 bits per heavy atom. The van der Waals surface area contributed by atoms with E-state index >= 15 is 0 Å². The molecule has 2 N–H and O–H groups in total. The number of amides is 1. The number of aliphatic hydroxyl groups excluding tert-OH is 1. The van der Waals surface area contributed by atoms with E-state index in [1.165, 1.54) is 24.1 Å². The van der Waals surface area contributed by atoms with Gasteiger partial charge in [-0.2, -0.15) is 0 Å². The van der Waals surface area contributed by atoms with Crippen LogP contribution in [-0.2, 0) is 16.1 Å². The van der Waals surface area contributed by atoms with Crippen LogP contribution in [0.1, 0.15) is 22.7 Å². The summed E-state index contributed by atoms with van der Waals surface area (Å²) in [5.41, 5.74) is 2.33. The number of carbonyl (C=O) groups excluding carboxylic acids is 2.